The molecule has 0 fully saturated rings. The van der Waals surface area contributed by atoms with E-state index in [1.807, 2.05) is 11.0 Å². The second-order valence-electron chi connectivity index (χ2n) is 6.36. The Balaban J connectivity index is 2.01. The zero-order valence-electron chi connectivity index (χ0n) is 14.9. The summed E-state index contributed by atoms with van der Waals surface area (Å²) >= 11 is 0. The van der Waals surface area contributed by atoms with Gasteiger partial charge in [-0.2, -0.15) is 0 Å². The normalized spacial score (nSPS) is 13.5. The second kappa shape index (κ2) is 7.08. The molecule has 1 heterocycles. The van der Waals surface area contributed by atoms with Crippen molar-refractivity contribution < 1.29 is 4.79 Å². The molecule has 0 radical (unpaired) electrons. The number of carbonyl (C=O) groups is 1. The van der Waals surface area contributed by atoms with Crippen LogP contribution in [0.3, 0.4) is 0 Å². The van der Waals surface area contributed by atoms with Crippen LogP contribution < -0.4 is 9.80 Å². The first-order valence-corrected chi connectivity index (χ1v) is 8.86. The van der Waals surface area contributed by atoms with E-state index in [0.717, 1.165) is 31.6 Å². The first-order valence-electron chi connectivity index (χ1n) is 8.86. The Bertz CT molecular complexity index is 734. The van der Waals surface area contributed by atoms with Gasteiger partial charge in [0.2, 0.25) is 5.91 Å². The van der Waals surface area contributed by atoms with Gasteiger partial charge >= 0.3 is 0 Å². The van der Waals surface area contributed by atoms with Crippen LogP contribution in [0, 0.1) is 0 Å². The zero-order valence-corrected chi connectivity index (χ0v) is 14.9. The molecule has 2 aromatic carbocycles. The van der Waals surface area contributed by atoms with Crippen LogP contribution in [0.25, 0.3) is 0 Å². The van der Waals surface area contributed by atoms with E-state index in [0.29, 0.717) is 6.54 Å². The molecule has 1 amide bonds. The summed E-state index contributed by atoms with van der Waals surface area (Å²) in [6.45, 7) is 8.71. The number of aryl methyl sites for hydroxylation is 2. The Morgan fingerprint density at radius 2 is 1.71 bits per heavy atom. The van der Waals surface area contributed by atoms with Gasteiger partial charge in [0.05, 0.1) is 6.54 Å². The summed E-state index contributed by atoms with van der Waals surface area (Å²) in [6, 6.07) is 15.0. The lowest BCUT2D eigenvalue weighted by Crippen LogP contribution is -2.30. The number of carbonyl (C=O) groups excluding carboxylic acids is 1. The minimum Gasteiger partial charge on any atom is -0.372 e. The van der Waals surface area contributed by atoms with Crippen LogP contribution in [0.1, 0.15) is 37.5 Å². The molecule has 0 spiro atoms. The molecule has 0 atom stereocenters. The maximum absolute atomic E-state index is 12.2. The molecule has 1 aliphatic heterocycles. The van der Waals surface area contributed by atoms with Crippen LogP contribution >= 0.6 is 0 Å². The maximum Gasteiger partial charge on any atom is 0.224 e. The third-order valence-corrected chi connectivity index (χ3v) is 4.97. The van der Waals surface area contributed by atoms with Crippen molar-refractivity contribution in [1.29, 1.82) is 0 Å². The van der Waals surface area contributed by atoms with E-state index in [-0.39, 0.29) is 5.91 Å². The zero-order chi connectivity index (χ0) is 17.1. The molecule has 0 saturated heterocycles. The van der Waals surface area contributed by atoms with Gasteiger partial charge in [0, 0.05) is 31.4 Å². The van der Waals surface area contributed by atoms with Crippen molar-refractivity contribution >= 4 is 17.3 Å². The maximum atomic E-state index is 12.2. The summed E-state index contributed by atoms with van der Waals surface area (Å²) in [7, 11) is 0. The number of amides is 1. The largest absolute Gasteiger partial charge is 0.372 e. The number of hydrogen-bond donors (Lipinski definition) is 0. The molecule has 126 valence electrons. The lowest BCUT2D eigenvalue weighted by atomic mass is 9.94. The number of hydrogen-bond acceptors (Lipinski definition) is 2. The fourth-order valence-electron chi connectivity index (χ4n) is 3.58. The van der Waals surface area contributed by atoms with Crippen molar-refractivity contribution in [2.24, 2.45) is 0 Å². The van der Waals surface area contributed by atoms with Crippen LogP contribution in [-0.4, -0.2) is 19.0 Å². The van der Waals surface area contributed by atoms with Crippen LogP contribution in [0.4, 0.5) is 11.4 Å². The molecule has 1 aliphatic rings. The lowest BCUT2D eigenvalue weighted by molar-refractivity contribution is -0.116. The molecule has 24 heavy (non-hydrogen) atoms. The van der Waals surface area contributed by atoms with Gasteiger partial charge in [-0.15, -0.1) is 0 Å². The van der Waals surface area contributed by atoms with E-state index in [1.165, 1.54) is 22.4 Å². The Hall–Kier alpha value is -2.29. The first-order chi connectivity index (χ1) is 11.6. The molecule has 0 aliphatic carbocycles. The summed E-state index contributed by atoms with van der Waals surface area (Å²) in [5.74, 6) is 0.100. The van der Waals surface area contributed by atoms with Gasteiger partial charge in [0.15, 0.2) is 0 Å². The highest BCUT2D eigenvalue weighted by Crippen LogP contribution is 2.30. The quantitative estimate of drug-likeness (QED) is 0.846. The molecule has 0 unspecified atom stereocenters. The van der Waals surface area contributed by atoms with Gasteiger partial charge in [0.1, 0.15) is 0 Å². The van der Waals surface area contributed by atoms with Crippen molar-refractivity contribution in [3.63, 3.8) is 0 Å². The van der Waals surface area contributed by atoms with Crippen molar-refractivity contribution in [1.82, 2.24) is 0 Å². The molecule has 3 heteroatoms. The Morgan fingerprint density at radius 1 is 1.00 bits per heavy atom. The predicted octanol–water partition coefficient (Wildman–Crippen LogP) is 4.18. The third kappa shape index (κ3) is 3.16. The van der Waals surface area contributed by atoms with Crippen molar-refractivity contribution in [2.75, 3.05) is 22.9 Å². The number of anilines is 2. The van der Waals surface area contributed by atoms with E-state index in [9.17, 15) is 4.79 Å². The summed E-state index contributed by atoms with van der Waals surface area (Å²) in [5, 5.41) is 0. The van der Waals surface area contributed by atoms with Crippen LogP contribution in [0.2, 0.25) is 0 Å². The molecule has 0 bridgehead atoms. The van der Waals surface area contributed by atoms with Gasteiger partial charge < -0.3 is 9.80 Å². The molecule has 0 saturated carbocycles. The topological polar surface area (TPSA) is 23.6 Å². The Kier molecular flexibility index (Phi) is 4.89. The molecular formula is C21H26N2O. The lowest BCUT2D eigenvalue weighted by Gasteiger charge is -2.29. The van der Waals surface area contributed by atoms with Gasteiger partial charge in [-0.25, -0.2) is 0 Å². The molecule has 0 aromatic heterocycles. The van der Waals surface area contributed by atoms with E-state index in [2.05, 4.69) is 55.1 Å². The van der Waals surface area contributed by atoms with Gasteiger partial charge in [0.25, 0.3) is 0 Å². The van der Waals surface area contributed by atoms with Crippen LogP contribution in [0.5, 0.6) is 0 Å². The Morgan fingerprint density at radius 3 is 2.42 bits per heavy atom. The minimum atomic E-state index is 0.100. The van der Waals surface area contributed by atoms with E-state index < -0.39 is 0 Å². The third-order valence-electron chi connectivity index (χ3n) is 4.97. The fourth-order valence-corrected chi connectivity index (χ4v) is 3.58. The van der Waals surface area contributed by atoms with Crippen molar-refractivity contribution in [2.45, 2.75) is 40.2 Å². The second-order valence-corrected chi connectivity index (χ2v) is 6.36. The monoisotopic (exact) mass is 322 g/mol. The molecule has 3 rings (SSSR count). The minimum absolute atomic E-state index is 0.100. The average molecular weight is 322 g/mol. The van der Waals surface area contributed by atoms with E-state index >= 15 is 0 Å². The first kappa shape index (κ1) is 16.6. The number of nitrogens with zero attached hydrogens (tertiary/aromatic N) is 2. The van der Waals surface area contributed by atoms with Crippen molar-refractivity contribution in [3.8, 4) is 0 Å². The highest BCUT2D eigenvalue weighted by Gasteiger charge is 2.20. The fraction of sp³-hybridized carbons (Fsp3) is 0.381. The van der Waals surface area contributed by atoms with Crippen LogP contribution in [0.15, 0.2) is 42.5 Å². The number of para-hydroxylation sites is 1. The summed E-state index contributed by atoms with van der Waals surface area (Å²) in [5.41, 5.74) is 6.22. The van der Waals surface area contributed by atoms with Crippen molar-refractivity contribution in [3.05, 3.63) is 59.2 Å². The standard InChI is InChI=1S/C21H26N2O/c1-4-22(5-2)20-13-12-19-15-23(16(3)24)21-9-7-6-8-17(21)10-11-18(19)14-20/h6-9,12-14H,4-5,10-11,15H2,1-3H3. The molecular weight excluding hydrogens is 296 g/mol. The van der Waals surface area contributed by atoms with E-state index in [4.69, 9.17) is 0 Å². The predicted molar refractivity (Wildman–Crippen MR) is 101 cm³/mol. The average Bonchev–Trinajstić information content (AvgIpc) is 2.58. The summed E-state index contributed by atoms with van der Waals surface area (Å²) in [6.07, 6.45) is 1.99. The summed E-state index contributed by atoms with van der Waals surface area (Å²) in [4.78, 5) is 16.5. The number of rotatable bonds is 3. The van der Waals surface area contributed by atoms with E-state index in [1.54, 1.807) is 6.92 Å². The number of fused-ring (bicyclic) bond motifs is 2. The molecule has 3 nitrogen and oxygen atoms in total. The highest BCUT2D eigenvalue weighted by atomic mass is 16.2. The van der Waals surface area contributed by atoms with Gasteiger partial charge in [-0.3, -0.25) is 4.79 Å². The molecule has 0 N–H and O–H groups in total. The summed E-state index contributed by atoms with van der Waals surface area (Å²) < 4.78 is 0. The smallest absolute Gasteiger partial charge is 0.224 e. The SMILES string of the molecule is CCN(CC)c1ccc2c(c1)CCc1ccccc1N(C(C)=O)C2. The van der Waals surface area contributed by atoms with Gasteiger partial charge in [-0.05, 0) is 61.6 Å². The van der Waals surface area contributed by atoms with Gasteiger partial charge in [-0.1, -0.05) is 24.3 Å². The highest BCUT2D eigenvalue weighted by molar-refractivity contribution is 5.92. The Labute approximate surface area is 144 Å². The number of benzene rings is 2. The van der Waals surface area contributed by atoms with Crippen LogP contribution in [-0.2, 0) is 24.2 Å². The molecule has 2 aromatic rings.